The maximum absolute atomic E-state index is 5.72. The molecule has 3 aromatic rings. The van der Waals surface area contributed by atoms with Crippen molar-refractivity contribution in [3.8, 4) is 11.5 Å². The summed E-state index contributed by atoms with van der Waals surface area (Å²) < 4.78 is 12.1. The number of fused-ring (bicyclic) bond motifs is 1. The minimum absolute atomic E-state index is 0.0101. The normalized spacial score (nSPS) is 20.8. The molecule has 1 N–H and O–H groups in total. The number of thiophene rings is 1. The molecule has 0 aliphatic carbocycles. The number of anilines is 1. The Labute approximate surface area is 174 Å². The lowest BCUT2D eigenvalue weighted by atomic mass is 10.0. The molecule has 0 saturated carbocycles. The Hall–Kier alpha value is -2.16. The Morgan fingerprint density at radius 1 is 1.15 bits per heavy atom. The molecule has 5 rings (SSSR count). The average molecular weight is 460 g/mol. The standard InChI is InChI=1S/C19H14BrN3O2S2/c20-16-7-6-15(27-16)18-17(12-3-1-2-8-21-12)22-19(26)23(18)11-4-5-13-14(9-11)25-10-24-13/h1-9,17-18H,10H2,(H,22,26)/t17-,18+/m1/s1. The lowest BCUT2D eigenvalue weighted by Crippen LogP contribution is -2.29. The minimum Gasteiger partial charge on any atom is -0.454 e. The smallest absolute Gasteiger partial charge is 0.231 e. The molecule has 5 nitrogen and oxygen atoms in total. The van der Waals surface area contributed by atoms with Gasteiger partial charge in [-0.1, -0.05) is 6.07 Å². The average Bonchev–Trinajstić information content (AvgIpc) is 3.39. The third-order valence-electron chi connectivity index (χ3n) is 4.62. The predicted octanol–water partition coefficient (Wildman–Crippen LogP) is 4.81. The molecule has 136 valence electrons. The van der Waals surface area contributed by atoms with Crippen molar-refractivity contribution in [3.05, 3.63) is 69.1 Å². The van der Waals surface area contributed by atoms with E-state index in [2.05, 4.69) is 43.3 Å². The summed E-state index contributed by atoms with van der Waals surface area (Å²) in [6.45, 7) is 0.249. The Balaban J connectivity index is 1.61. The van der Waals surface area contributed by atoms with Crippen molar-refractivity contribution in [2.75, 3.05) is 11.7 Å². The van der Waals surface area contributed by atoms with E-state index in [1.54, 1.807) is 11.3 Å². The number of thiocarbonyl (C=S) groups is 1. The van der Waals surface area contributed by atoms with Gasteiger partial charge in [-0.25, -0.2) is 0 Å². The number of nitrogens with zero attached hydrogens (tertiary/aromatic N) is 2. The Kier molecular flexibility index (Phi) is 4.26. The molecule has 8 heteroatoms. The molecule has 1 fully saturated rings. The molecule has 2 aromatic heterocycles. The summed E-state index contributed by atoms with van der Waals surface area (Å²) >= 11 is 11.0. The van der Waals surface area contributed by atoms with Crippen molar-refractivity contribution in [1.82, 2.24) is 10.3 Å². The van der Waals surface area contributed by atoms with Crippen LogP contribution in [0.15, 0.2) is 58.5 Å². The summed E-state index contributed by atoms with van der Waals surface area (Å²) in [4.78, 5) is 7.89. The molecule has 27 heavy (non-hydrogen) atoms. The van der Waals surface area contributed by atoms with Crippen LogP contribution in [-0.4, -0.2) is 16.9 Å². The van der Waals surface area contributed by atoms with Gasteiger partial charge in [0.15, 0.2) is 16.6 Å². The van der Waals surface area contributed by atoms with Crippen molar-refractivity contribution in [2.24, 2.45) is 0 Å². The molecule has 0 radical (unpaired) electrons. The van der Waals surface area contributed by atoms with Gasteiger partial charge in [0.05, 0.1) is 21.6 Å². The Morgan fingerprint density at radius 2 is 2.04 bits per heavy atom. The molecule has 0 unspecified atom stereocenters. The highest BCUT2D eigenvalue weighted by atomic mass is 79.9. The van der Waals surface area contributed by atoms with Gasteiger partial charge in [0.25, 0.3) is 0 Å². The minimum atomic E-state index is -0.0466. The third-order valence-corrected chi connectivity index (χ3v) is 6.63. The lowest BCUT2D eigenvalue weighted by molar-refractivity contribution is 0.174. The van der Waals surface area contributed by atoms with Gasteiger partial charge in [-0.05, 0) is 64.5 Å². The molecule has 1 saturated heterocycles. The molecule has 0 spiro atoms. The van der Waals surface area contributed by atoms with Gasteiger partial charge in [0, 0.05) is 22.8 Å². The topological polar surface area (TPSA) is 46.6 Å². The summed E-state index contributed by atoms with van der Waals surface area (Å²) in [5, 5.41) is 4.12. The van der Waals surface area contributed by atoms with Crippen LogP contribution >= 0.6 is 39.5 Å². The zero-order chi connectivity index (χ0) is 18.4. The van der Waals surface area contributed by atoms with Crippen LogP contribution in [0.4, 0.5) is 5.69 Å². The van der Waals surface area contributed by atoms with E-state index in [1.165, 1.54) is 4.88 Å². The molecule has 2 atom stereocenters. The van der Waals surface area contributed by atoms with Crippen molar-refractivity contribution < 1.29 is 9.47 Å². The SMILES string of the molecule is S=C1N[C@H](c2ccccn2)[C@H](c2ccc(Br)s2)N1c1ccc2c(c1)OCO2. The van der Waals surface area contributed by atoms with E-state index in [0.717, 1.165) is 26.7 Å². The molecular formula is C19H14BrN3O2S2. The van der Waals surface area contributed by atoms with Crippen molar-refractivity contribution in [1.29, 1.82) is 0 Å². The van der Waals surface area contributed by atoms with E-state index >= 15 is 0 Å². The van der Waals surface area contributed by atoms with Crippen LogP contribution in [-0.2, 0) is 0 Å². The molecule has 1 aromatic carbocycles. The number of pyridine rings is 1. The number of benzene rings is 1. The highest BCUT2D eigenvalue weighted by Crippen LogP contribution is 2.46. The van der Waals surface area contributed by atoms with E-state index in [4.69, 9.17) is 21.7 Å². The van der Waals surface area contributed by atoms with Crippen LogP contribution in [0.5, 0.6) is 11.5 Å². The summed E-state index contributed by atoms with van der Waals surface area (Å²) in [5.74, 6) is 1.50. The van der Waals surface area contributed by atoms with Crippen molar-refractivity contribution in [2.45, 2.75) is 12.1 Å². The molecular weight excluding hydrogens is 446 g/mol. The molecule has 0 amide bonds. The summed E-state index contributed by atoms with van der Waals surface area (Å²) in [7, 11) is 0. The summed E-state index contributed by atoms with van der Waals surface area (Å²) in [5.41, 5.74) is 1.92. The van der Waals surface area contributed by atoms with E-state index < -0.39 is 0 Å². The van der Waals surface area contributed by atoms with E-state index in [-0.39, 0.29) is 18.9 Å². The second-order valence-corrected chi connectivity index (χ2v) is 9.06. The van der Waals surface area contributed by atoms with Crippen molar-refractivity contribution >= 4 is 50.3 Å². The van der Waals surface area contributed by atoms with Gasteiger partial charge in [-0.2, -0.15) is 0 Å². The summed E-state index contributed by atoms with van der Waals surface area (Å²) in [6, 6.07) is 16.0. The van der Waals surface area contributed by atoms with Gasteiger partial charge in [0.1, 0.15) is 0 Å². The number of nitrogens with one attached hydrogen (secondary N) is 1. The molecule has 0 bridgehead atoms. The zero-order valence-corrected chi connectivity index (χ0v) is 17.2. The number of hydrogen-bond acceptors (Lipinski definition) is 5. The second kappa shape index (κ2) is 6.78. The van der Waals surface area contributed by atoms with Crippen molar-refractivity contribution in [3.63, 3.8) is 0 Å². The highest BCUT2D eigenvalue weighted by molar-refractivity contribution is 9.11. The van der Waals surface area contributed by atoms with Crippen LogP contribution in [0.1, 0.15) is 22.7 Å². The lowest BCUT2D eigenvalue weighted by Gasteiger charge is -2.27. The number of hydrogen-bond donors (Lipinski definition) is 1. The quantitative estimate of drug-likeness (QED) is 0.566. The Morgan fingerprint density at radius 3 is 2.81 bits per heavy atom. The van der Waals surface area contributed by atoms with Crippen LogP contribution in [0, 0.1) is 0 Å². The number of aromatic nitrogens is 1. The van der Waals surface area contributed by atoms with Gasteiger partial charge in [-0.15, -0.1) is 11.3 Å². The molecule has 2 aliphatic rings. The maximum Gasteiger partial charge on any atom is 0.231 e. The van der Waals surface area contributed by atoms with E-state index in [0.29, 0.717) is 5.11 Å². The van der Waals surface area contributed by atoms with Crippen LogP contribution in [0.25, 0.3) is 0 Å². The third kappa shape index (κ3) is 2.97. The Bertz CT molecular complexity index is 1010. The monoisotopic (exact) mass is 459 g/mol. The predicted molar refractivity (Wildman–Crippen MR) is 113 cm³/mol. The van der Waals surface area contributed by atoms with Crippen LogP contribution in [0.3, 0.4) is 0 Å². The maximum atomic E-state index is 5.72. The first kappa shape index (κ1) is 17.0. The first-order chi connectivity index (χ1) is 13.2. The van der Waals surface area contributed by atoms with E-state index in [9.17, 15) is 0 Å². The molecule has 2 aliphatic heterocycles. The number of halogens is 1. The van der Waals surface area contributed by atoms with Gasteiger partial charge < -0.3 is 19.7 Å². The highest BCUT2D eigenvalue weighted by Gasteiger charge is 2.41. The first-order valence-electron chi connectivity index (χ1n) is 8.36. The van der Waals surface area contributed by atoms with E-state index in [1.807, 2.05) is 42.6 Å². The van der Waals surface area contributed by atoms with Gasteiger partial charge in [-0.3, -0.25) is 4.98 Å². The fraction of sp³-hybridized carbons (Fsp3) is 0.158. The van der Waals surface area contributed by atoms with Gasteiger partial charge in [0.2, 0.25) is 6.79 Å². The first-order valence-corrected chi connectivity index (χ1v) is 10.4. The fourth-order valence-electron chi connectivity index (χ4n) is 3.44. The van der Waals surface area contributed by atoms with Crippen LogP contribution < -0.4 is 19.7 Å². The van der Waals surface area contributed by atoms with Gasteiger partial charge >= 0.3 is 0 Å². The fourth-order valence-corrected chi connectivity index (χ4v) is 5.34. The summed E-state index contributed by atoms with van der Waals surface area (Å²) in [6.07, 6.45) is 1.81. The largest absolute Gasteiger partial charge is 0.454 e. The second-order valence-electron chi connectivity index (χ2n) is 6.18. The number of ether oxygens (including phenoxy) is 2. The zero-order valence-electron chi connectivity index (χ0n) is 14.0. The van der Waals surface area contributed by atoms with Crippen LogP contribution in [0.2, 0.25) is 0 Å². The molecule has 4 heterocycles. The number of rotatable bonds is 3.